The van der Waals surface area contributed by atoms with Crippen molar-refractivity contribution in [3.05, 3.63) is 88.5 Å². The van der Waals surface area contributed by atoms with Crippen molar-refractivity contribution in [1.82, 2.24) is 0 Å². The van der Waals surface area contributed by atoms with Gasteiger partial charge < -0.3 is 10.1 Å². The molecule has 6 heteroatoms. The number of nitrogens with one attached hydrogen (secondary N) is 1. The fraction of sp³-hybridized carbons (Fsp3) is 0.125. The van der Waals surface area contributed by atoms with Crippen LogP contribution < -0.4 is 15.0 Å². The van der Waals surface area contributed by atoms with Gasteiger partial charge in [0.25, 0.3) is 17.7 Å². The number of anilines is 2. The van der Waals surface area contributed by atoms with Crippen LogP contribution in [0.4, 0.5) is 11.4 Å². The van der Waals surface area contributed by atoms with Crippen LogP contribution in [0.1, 0.15) is 42.2 Å². The van der Waals surface area contributed by atoms with E-state index in [9.17, 15) is 14.4 Å². The van der Waals surface area contributed by atoms with Gasteiger partial charge in [0.1, 0.15) is 5.75 Å². The zero-order valence-electron chi connectivity index (χ0n) is 16.9. The molecule has 6 nitrogen and oxygen atoms in total. The smallest absolute Gasteiger partial charge is 0.266 e. The summed E-state index contributed by atoms with van der Waals surface area (Å²) in [6.07, 6.45) is 0. The number of amides is 3. The van der Waals surface area contributed by atoms with Gasteiger partial charge in [0, 0.05) is 17.3 Å². The summed E-state index contributed by atoms with van der Waals surface area (Å²) in [6.45, 7) is 3.76. The van der Waals surface area contributed by atoms with E-state index in [1.54, 1.807) is 37.4 Å². The van der Waals surface area contributed by atoms with E-state index in [0.717, 1.165) is 11.1 Å². The normalized spacial score (nSPS) is 12.7. The predicted molar refractivity (Wildman–Crippen MR) is 114 cm³/mol. The van der Waals surface area contributed by atoms with Crippen molar-refractivity contribution in [1.29, 1.82) is 0 Å². The first kappa shape index (κ1) is 19.4. The lowest BCUT2D eigenvalue weighted by molar-refractivity contribution is 0.0925. The molecule has 3 amide bonds. The maximum absolute atomic E-state index is 13.0. The Labute approximate surface area is 174 Å². The average molecular weight is 400 g/mol. The first-order valence-corrected chi connectivity index (χ1v) is 9.44. The van der Waals surface area contributed by atoms with Crippen LogP contribution in [0.2, 0.25) is 0 Å². The minimum Gasteiger partial charge on any atom is -0.497 e. The number of aryl methyl sites for hydroxylation is 2. The molecule has 1 aliphatic rings. The number of ether oxygens (including phenoxy) is 1. The zero-order valence-corrected chi connectivity index (χ0v) is 16.9. The number of rotatable bonds is 4. The number of nitrogens with zero attached hydrogens (tertiary/aromatic N) is 1. The number of carbonyl (C=O) groups is 3. The van der Waals surface area contributed by atoms with E-state index in [4.69, 9.17) is 4.74 Å². The minimum atomic E-state index is -0.431. The molecule has 0 spiro atoms. The van der Waals surface area contributed by atoms with Crippen LogP contribution >= 0.6 is 0 Å². The molecule has 0 aliphatic carbocycles. The molecule has 0 radical (unpaired) electrons. The van der Waals surface area contributed by atoms with Gasteiger partial charge in [-0.05, 0) is 61.4 Å². The summed E-state index contributed by atoms with van der Waals surface area (Å²) in [7, 11) is 1.55. The lowest BCUT2D eigenvalue weighted by Gasteiger charge is -2.17. The molecule has 3 aromatic rings. The van der Waals surface area contributed by atoms with Gasteiger partial charge in [0.05, 0.1) is 23.9 Å². The Kier molecular flexibility index (Phi) is 4.83. The molecular formula is C24H20N2O4. The molecule has 4 rings (SSSR count). The molecule has 1 N–H and O–H groups in total. The van der Waals surface area contributed by atoms with Crippen LogP contribution in [0.15, 0.2) is 60.7 Å². The molecule has 0 fully saturated rings. The Balaban J connectivity index is 1.64. The Morgan fingerprint density at radius 1 is 0.900 bits per heavy atom. The first-order valence-electron chi connectivity index (χ1n) is 9.44. The summed E-state index contributed by atoms with van der Waals surface area (Å²) in [6, 6.07) is 17.1. The summed E-state index contributed by atoms with van der Waals surface area (Å²) < 4.78 is 5.16. The minimum absolute atomic E-state index is 0.221. The highest BCUT2D eigenvalue weighted by molar-refractivity contribution is 6.35. The van der Waals surface area contributed by atoms with Gasteiger partial charge in [-0.15, -0.1) is 0 Å². The van der Waals surface area contributed by atoms with Crippen molar-refractivity contribution in [3.63, 3.8) is 0 Å². The highest BCUT2D eigenvalue weighted by atomic mass is 16.5. The van der Waals surface area contributed by atoms with Crippen LogP contribution in [-0.4, -0.2) is 24.8 Å². The summed E-state index contributed by atoms with van der Waals surface area (Å²) in [5, 5.41) is 2.78. The summed E-state index contributed by atoms with van der Waals surface area (Å²) in [4.78, 5) is 39.8. The van der Waals surface area contributed by atoms with Crippen LogP contribution in [0.5, 0.6) is 5.75 Å². The van der Waals surface area contributed by atoms with Crippen LogP contribution in [0.3, 0.4) is 0 Å². The third-order valence-corrected chi connectivity index (χ3v) is 5.08. The average Bonchev–Trinajstić information content (AvgIpc) is 2.99. The number of fused-ring (bicyclic) bond motifs is 1. The van der Waals surface area contributed by atoms with Gasteiger partial charge in [-0.1, -0.05) is 18.2 Å². The molecule has 0 atom stereocenters. The molecule has 3 aromatic carbocycles. The van der Waals surface area contributed by atoms with Gasteiger partial charge in [-0.25, -0.2) is 4.90 Å². The van der Waals surface area contributed by atoms with Crippen molar-refractivity contribution in [3.8, 4) is 5.75 Å². The maximum atomic E-state index is 13.0. The number of hydrogen-bond acceptors (Lipinski definition) is 4. The topological polar surface area (TPSA) is 75.7 Å². The van der Waals surface area contributed by atoms with Crippen molar-refractivity contribution in [2.75, 3.05) is 17.3 Å². The molecule has 0 saturated heterocycles. The second kappa shape index (κ2) is 7.48. The molecule has 0 saturated carbocycles. The Bertz CT molecular complexity index is 1200. The molecule has 30 heavy (non-hydrogen) atoms. The van der Waals surface area contributed by atoms with Gasteiger partial charge in [0.15, 0.2) is 0 Å². The lowest BCUT2D eigenvalue weighted by atomic mass is 10.1. The van der Waals surface area contributed by atoms with E-state index in [1.165, 1.54) is 17.0 Å². The fourth-order valence-electron chi connectivity index (χ4n) is 3.47. The molecular weight excluding hydrogens is 380 g/mol. The SMILES string of the molecule is COc1cccc(NC(=O)c2ccc3c(c2)C(=O)N(c2cc(C)ccc2C)C3=O)c1. The van der Waals surface area contributed by atoms with Crippen LogP contribution in [0, 0.1) is 13.8 Å². The number of methoxy groups -OCH3 is 1. The number of carbonyl (C=O) groups excluding carboxylic acids is 3. The lowest BCUT2D eigenvalue weighted by Crippen LogP contribution is -2.30. The monoisotopic (exact) mass is 400 g/mol. The van der Waals surface area contributed by atoms with E-state index >= 15 is 0 Å². The van der Waals surface area contributed by atoms with Crippen molar-refractivity contribution >= 4 is 29.1 Å². The van der Waals surface area contributed by atoms with Gasteiger partial charge in [0.2, 0.25) is 0 Å². The molecule has 150 valence electrons. The summed E-state index contributed by atoms with van der Waals surface area (Å²) >= 11 is 0. The second-order valence-electron chi connectivity index (χ2n) is 7.18. The molecule has 0 aromatic heterocycles. The Morgan fingerprint density at radius 3 is 2.43 bits per heavy atom. The third-order valence-electron chi connectivity index (χ3n) is 5.08. The van der Waals surface area contributed by atoms with E-state index < -0.39 is 5.91 Å². The summed E-state index contributed by atoms with van der Waals surface area (Å²) in [5.74, 6) is -0.577. The van der Waals surface area contributed by atoms with Crippen LogP contribution in [-0.2, 0) is 0 Å². The van der Waals surface area contributed by atoms with Gasteiger partial charge >= 0.3 is 0 Å². The Hall–Kier alpha value is -3.93. The van der Waals surface area contributed by atoms with E-state index in [1.807, 2.05) is 32.0 Å². The highest BCUT2D eigenvalue weighted by Gasteiger charge is 2.37. The number of hydrogen-bond donors (Lipinski definition) is 1. The first-order chi connectivity index (χ1) is 14.4. The van der Waals surface area contributed by atoms with E-state index in [-0.39, 0.29) is 17.4 Å². The molecule has 0 unspecified atom stereocenters. The zero-order chi connectivity index (χ0) is 21.4. The van der Waals surface area contributed by atoms with E-state index in [2.05, 4.69) is 5.32 Å². The second-order valence-corrected chi connectivity index (χ2v) is 7.18. The standard InChI is InChI=1S/C24H20N2O4/c1-14-7-8-15(2)21(11-14)26-23(28)19-10-9-16(12-20(19)24(26)29)22(27)25-17-5-4-6-18(13-17)30-3/h4-13H,1-3H3,(H,25,27). The Morgan fingerprint density at radius 2 is 1.67 bits per heavy atom. The quantitative estimate of drug-likeness (QED) is 0.660. The molecule has 0 bridgehead atoms. The van der Waals surface area contributed by atoms with Gasteiger partial charge in [-0.2, -0.15) is 0 Å². The molecule has 1 heterocycles. The fourth-order valence-corrected chi connectivity index (χ4v) is 3.47. The van der Waals surface area contributed by atoms with Crippen molar-refractivity contribution in [2.45, 2.75) is 13.8 Å². The maximum Gasteiger partial charge on any atom is 0.266 e. The van der Waals surface area contributed by atoms with Crippen molar-refractivity contribution in [2.24, 2.45) is 0 Å². The number of imide groups is 1. The number of benzene rings is 3. The van der Waals surface area contributed by atoms with Gasteiger partial charge in [-0.3, -0.25) is 14.4 Å². The third kappa shape index (κ3) is 3.33. The van der Waals surface area contributed by atoms with Crippen molar-refractivity contribution < 1.29 is 19.1 Å². The highest BCUT2D eigenvalue weighted by Crippen LogP contribution is 2.32. The largest absolute Gasteiger partial charge is 0.497 e. The summed E-state index contributed by atoms with van der Waals surface area (Å²) in [5.41, 5.74) is 3.71. The predicted octanol–water partition coefficient (Wildman–Crippen LogP) is 4.36. The van der Waals surface area contributed by atoms with E-state index in [0.29, 0.717) is 28.3 Å². The van der Waals surface area contributed by atoms with Crippen LogP contribution in [0.25, 0.3) is 0 Å². The molecule has 1 aliphatic heterocycles.